The van der Waals surface area contributed by atoms with Gasteiger partial charge in [0.1, 0.15) is 13.1 Å². The Morgan fingerprint density at radius 1 is 1.04 bits per heavy atom. The minimum absolute atomic E-state index is 0.0188. The molecule has 4 rings (SSSR count). The molecule has 2 heterocycles. The monoisotopic (exact) mass is 713 g/mol. The number of esters is 1. The molecular weight excluding hydrogens is 678 g/mol. The van der Waals surface area contributed by atoms with E-state index in [0.717, 1.165) is 9.25 Å². The van der Waals surface area contributed by atoms with Crippen LogP contribution in [0.2, 0.25) is 28.2 Å². The van der Waals surface area contributed by atoms with E-state index in [1.165, 1.54) is 4.68 Å². The van der Waals surface area contributed by atoms with E-state index >= 15 is 0 Å². The van der Waals surface area contributed by atoms with Crippen LogP contribution in [0.1, 0.15) is 33.5 Å². The molecule has 0 saturated heterocycles. The van der Waals surface area contributed by atoms with Crippen molar-refractivity contribution in [3.8, 4) is 17.1 Å². The van der Waals surface area contributed by atoms with Gasteiger partial charge in [-0.1, -0.05) is 50.0 Å². The average Bonchev–Trinajstić information content (AvgIpc) is 3.51. The maximum atomic E-state index is 14.5. The summed E-state index contributed by atoms with van der Waals surface area (Å²) in [6.07, 6.45) is -7.05. The zero-order chi connectivity index (χ0) is 34.7. The fraction of sp³-hybridized carbons (Fsp3) is 0.433. The number of ether oxygens (including phenoxy) is 1. The van der Waals surface area contributed by atoms with Crippen molar-refractivity contribution in [1.29, 1.82) is 0 Å². The fourth-order valence-corrected chi connectivity index (χ4v) is 5.83. The van der Waals surface area contributed by atoms with Crippen LogP contribution in [-0.4, -0.2) is 68.8 Å². The average molecular weight is 715 g/mol. The molecule has 0 saturated carbocycles. The lowest BCUT2D eigenvalue weighted by molar-refractivity contribution is -0.202. The van der Waals surface area contributed by atoms with Gasteiger partial charge in [-0.25, -0.2) is 9.48 Å². The third-order valence-corrected chi connectivity index (χ3v) is 12.6. The largest absolute Gasteiger partial charge is 0.465 e. The van der Waals surface area contributed by atoms with Crippen LogP contribution in [0.5, 0.6) is 0 Å². The van der Waals surface area contributed by atoms with Crippen molar-refractivity contribution in [2.75, 3.05) is 18.5 Å². The minimum atomic E-state index is -4.77. The van der Waals surface area contributed by atoms with Gasteiger partial charge in [0.15, 0.2) is 26.1 Å². The molecule has 4 aromatic rings. The van der Waals surface area contributed by atoms with E-state index in [1.54, 1.807) is 68.5 Å². The molecule has 2 aromatic heterocycles. The van der Waals surface area contributed by atoms with Crippen molar-refractivity contribution in [3.63, 3.8) is 0 Å². The summed E-state index contributed by atoms with van der Waals surface area (Å²) in [7, 11) is -2.92. The van der Waals surface area contributed by atoms with Crippen LogP contribution in [0.25, 0.3) is 17.1 Å². The second kappa shape index (κ2) is 14.2. The number of rotatable bonds is 12. The molecule has 0 radical (unpaired) electrons. The van der Waals surface area contributed by atoms with E-state index in [-0.39, 0.29) is 37.3 Å². The highest BCUT2D eigenvalue weighted by Gasteiger charge is 2.48. The first kappa shape index (κ1) is 36.2. The lowest BCUT2D eigenvalue weighted by atomic mass is 10.2. The number of benzene rings is 2. The predicted octanol–water partition coefficient (Wildman–Crippen LogP) is 6.58. The summed E-state index contributed by atoms with van der Waals surface area (Å²) in [5.41, 5.74) is 0.0361. The third kappa shape index (κ3) is 8.83. The molecule has 0 amide bonds. The van der Waals surface area contributed by atoms with Crippen LogP contribution in [0.3, 0.4) is 0 Å². The van der Waals surface area contributed by atoms with Crippen LogP contribution < -0.4 is 11.0 Å². The van der Waals surface area contributed by atoms with Gasteiger partial charge in [0.2, 0.25) is 5.95 Å². The first-order chi connectivity index (χ1) is 21.9. The van der Waals surface area contributed by atoms with Crippen molar-refractivity contribution in [1.82, 2.24) is 29.1 Å². The minimum Gasteiger partial charge on any atom is -0.465 e. The molecule has 0 aliphatic carbocycles. The highest BCUT2D eigenvalue weighted by atomic mass is 35.5. The number of aromatic nitrogens is 6. The molecule has 1 atom stereocenters. The molecule has 0 spiro atoms. The first-order valence-corrected chi connectivity index (χ1v) is 18.4. The van der Waals surface area contributed by atoms with E-state index in [0.29, 0.717) is 21.3 Å². The quantitative estimate of drug-likeness (QED) is 0.129. The van der Waals surface area contributed by atoms with Gasteiger partial charge >= 0.3 is 17.8 Å². The van der Waals surface area contributed by atoms with Crippen LogP contribution in [0.15, 0.2) is 53.3 Å². The number of halogens is 5. The summed E-state index contributed by atoms with van der Waals surface area (Å²) >= 11 is 12.3. The van der Waals surface area contributed by atoms with Crippen molar-refractivity contribution in [2.24, 2.45) is 0 Å². The second-order valence-corrected chi connectivity index (χ2v) is 17.8. The van der Waals surface area contributed by atoms with Gasteiger partial charge in [-0.3, -0.25) is 9.36 Å². The van der Waals surface area contributed by atoms with Crippen LogP contribution in [0, 0.1) is 0 Å². The molecule has 1 N–H and O–H groups in total. The molecule has 0 fully saturated rings. The predicted molar refractivity (Wildman–Crippen MR) is 176 cm³/mol. The van der Waals surface area contributed by atoms with E-state index in [1.807, 2.05) is 20.8 Å². The Kier molecular flexibility index (Phi) is 10.9. The molecule has 0 bridgehead atoms. The Labute approximate surface area is 280 Å². The molecule has 17 heteroatoms. The number of nitrogens with one attached hydrogen (secondary N) is 1. The standard InChI is InChI=1S/C30H36Cl2F3N7O4Si/c1-7-45-25(43)16-36-27-37-24(38-42(27)22-10-8-9-21(32)15-22)18-41-28(44)40(26(39-41)19-11-13-20(31)14-12-19)17-23(30(33,34)35)46-47(5,6)29(2,3)4/h8-15,23H,7,16-18H2,1-6H3,(H,36,37,38). The maximum Gasteiger partial charge on any atom is 0.415 e. The van der Waals surface area contributed by atoms with E-state index in [2.05, 4.69) is 20.5 Å². The van der Waals surface area contributed by atoms with Gasteiger partial charge in [0.05, 0.1) is 18.8 Å². The summed E-state index contributed by atoms with van der Waals surface area (Å²) < 4.78 is 57.5. The van der Waals surface area contributed by atoms with Gasteiger partial charge in [-0.2, -0.15) is 22.8 Å². The summed E-state index contributed by atoms with van der Waals surface area (Å²) in [5.74, 6) is -0.331. The van der Waals surface area contributed by atoms with Gasteiger partial charge in [-0.15, -0.1) is 10.2 Å². The molecule has 11 nitrogen and oxygen atoms in total. The Morgan fingerprint density at radius 3 is 2.32 bits per heavy atom. The number of hydrogen-bond donors (Lipinski definition) is 1. The Morgan fingerprint density at radius 2 is 1.72 bits per heavy atom. The SMILES string of the molecule is CCOC(=O)CNc1nc(Cn2nc(-c3ccc(Cl)cc3)n(CC(O[Si](C)(C)C(C)(C)C)C(F)(F)F)c2=O)nn1-c1cccc(Cl)c1. The Bertz CT molecular complexity index is 1770. The summed E-state index contributed by atoms with van der Waals surface area (Å²) in [4.78, 5) is 30.3. The molecule has 47 heavy (non-hydrogen) atoms. The summed E-state index contributed by atoms with van der Waals surface area (Å²) in [6, 6.07) is 12.9. The highest BCUT2D eigenvalue weighted by Crippen LogP contribution is 2.40. The van der Waals surface area contributed by atoms with E-state index in [9.17, 15) is 22.8 Å². The number of hydrogen-bond acceptors (Lipinski definition) is 8. The Balaban J connectivity index is 1.78. The molecule has 2 aromatic carbocycles. The third-order valence-electron chi connectivity index (χ3n) is 7.67. The smallest absolute Gasteiger partial charge is 0.415 e. The number of carbonyl (C=O) groups is 1. The molecular formula is C30H36Cl2F3N7O4Si. The number of nitrogens with zero attached hydrogens (tertiary/aromatic N) is 6. The van der Waals surface area contributed by atoms with Gasteiger partial charge < -0.3 is 14.5 Å². The number of alkyl halides is 3. The summed E-state index contributed by atoms with van der Waals surface area (Å²) in [5, 5.41) is 12.1. The zero-order valence-electron chi connectivity index (χ0n) is 26.7. The zero-order valence-corrected chi connectivity index (χ0v) is 29.2. The highest BCUT2D eigenvalue weighted by molar-refractivity contribution is 6.74. The first-order valence-electron chi connectivity index (χ1n) is 14.7. The number of anilines is 1. The fourth-order valence-electron chi connectivity index (χ4n) is 4.25. The van der Waals surface area contributed by atoms with E-state index < -0.39 is 43.8 Å². The molecule has 0 aliphatic heterocycles. The van der Waals surface area contributed by atoms with Gasteiger partial charge in [0.25, 0.3) is 0 Å². The second-order valence-electron chi connectivity index (χ2n) is 12.2. The molecule has 1 unspecified atom stereocenters. The molecule has 0 aliphatic rings. The van der Waals surface area contributed by atoms with Gasteiger partial charge in [0, 0.05) is 15.6 Å². The lowest BCUT2D eigenvalue weighted by Crippen LogP contribution is -2.50. The van der Waals surface area contributed by atoms with Crippen molar-refractivity contribution < 1.29 is 27.1 Å². The topological polar surface area (TPSA) is 118 Å². The molecule has 254 valence electrons. The Hall–Kier alpha value is -3.66. The maximum absolute atomic E-state index is 14.5. The van der Waals surface area contributed by atoms with Crippen molar-refractivity contribution >= 4 is 43.4 Å². The van der Waals surface area contributed by atoms with Crippen LogP contribution >= 0.6 is 23.2 Å². The number of carbonyl (C=O) groups excluding carboxylic acids is 1. The van der Waals surface area contributed by atoms with Crippen molar-refractivity contribution in [3.05, 3.63) is 74.9 Å². The van der Waals surface area contributed by atoms with E-state index in [4.69, 9.17) is 32.4 Å². The van der Waals surface area contributed by atoms with Gasteiger partial charge in [-0.05, 0) is 67.5 Å². The van der Waals surface area contributed by atoms with Crippen LogP contribution in [0.4, 0.5) is 19.1 Å². The van der Waals surface area contributed by atoms with Crippen LogP contribution in [-0.2, 0) is 27.0 Å². The normalized spacial score (nSPS) is 13.1. The lowest BCUT2D eigenvalue weighted by Gasteiger charge is -2.39. The summed E-state index contributed by atoms with van der Waals surface area (Å²) in [6.45, 7) is 9.43. The van der Waals surface area contributed by atoms with Crippen molar-refractivity contribution in [2.45, 2.75) is 71.2 Å².